The average molecular weight is 253 g/mol. The van der Waals surface area contributed by atoms with Crippen LogP contribution in [0.2, 0.25) is 0 Å². The molecule has 18 heavy (non-hydrogen) atoms. The van der Waals surface area contributed by atoms with Crippen LogP contribution in [0.25, 0.3) is 0 Å². The lowest BCUT2D eigenvalue weighted by molar-refractivity contribution is -0.0202. The first-order valence-electron chi connectivity index (χ1n) is 5.95. The van der Waals surface area contributed by atoms with E-state index in [-0.39, 0.29) is 0 Å². The lowest BCUT2D eigenvalue weighted by Gasteiger charge is -2.36. The van der Waals surface area contributed by atoms with Gasteiger partial charge >= 0.3 is 0 Å². The first kappa shape index (κ1) is 13.0. The van der Waals surface area contributed by atoms with E-state index in [1.807, 2.05) is 0 Å². The summed E-state index contributed by atoms with van der Waals surface area (Å²) < 4.78 is 4.99. The number of nitrogens with zero attached hydrogens (tertiary/aromatic N) is 2. The van der Waals surface area contributed by atoms with E-state index in [2.05, 4.69) is 20.7 Å². The van der Waals surface area contributed by atoms with Crippen LogP contribution in [0.4, 0.5) is 11.6 Å². The van der Waals surface area contributed by atoms with Gasteiger partial charge in [-0.2, -0.15) is 0 Å². The highest BCUT2D eigenvalue weighted by molar-refractivity contribution is 5.47. The van der Waals surface area contributed by atoms with Crippen molar-refractivity contribution in [3.63, 3.8) is 0 Å². The molecule has 100 valence electrons. The lowest BCUT2D eigenvalue weighted by atomic mass is 9.80. The Morgan fingerprint density at radius 3 is 2.72 bits per heavy atom. The molecule has 0 aromatic carbocycles. The van der Waals surface area contributed by atoms with E-state index in [1.165, 1.54) is 0 Å². The number of hydrogen-bond donors (Lipinski definition) is 4. The smallest absolute Gasteiger partial charge is 0.158 e. The quantitative estimate of drug-likeness (QED) is 0.425. The van der Waals surface area contributed by atoms with Crippen molar-refractivity contribution < 1.29 is 9.84 Å². The van der Waals surface area contributed by atoms with Crippen molar-refractivity contribution >= 4 is 11.6 Å². The highest BCUT2D eigenvalue weighted by atomic mass is 16.5. The Morgan fingerprint density at radius 1 is 1.44 bits per heavy atom. The number of anilines is 2. The van der Waals surface area contributed by atoms with Crippen LogP contribution in [0.5, 0.6) is 0 Å². The van der Waals surface area contributed by atoms with E-state index in [0.29, 0.717) is 30.6 Å². The number of hydrazine groups is 1. The summed E-state index contributed by atoms with van der Waals surface area (Å²) in [4.78, 5) is 8.42. The molecular formula is C11H19N5O2. The maximum absolute atomic E-state index is 10.00. The monoisotopic (exact) mass is 253 g/mol. The zero-order valence-electron chi connectivity index (χ0n) is 10.4. The summed E-state index contributed by atoms with van der Waals surface area (Å²) in [5.74, 6) is 7.03. The molecule has 7 heteroatoms. The van der Waals surface area contributed by atoms with E-state index in [1.54, 1.807) is 13.2 Å². The van der Waals surface area contributed by atoms with Gasteiger partial charge in [0, 0.05) is 19.7 Å². The predicted octanol–water partition coefficient (Wildman–Crippen LogP) is 0.235. The van der Waals surface area contributed by atoms with E-state index in [9.17, 15) is 5.11 Å². The topological polar surface area (TPSA) is 105 Å². The third kappa shape index (κ3) is 3.06. The van der Waals surface area contributed by atoms with Gasteiger partial charge in [-0.15, -0.1) is 0 Å². The molecule has 0 bridgehead atoms. The minimum Gasteiger partial charge on any atom is -0.388 e. The second-order valence-electron chi connectivity index (χ2n) is 4.56. The van der Waals surface area contributed by atoms with Crippen LogP contribution < -0.4 is 16.6 Å². The molecule has 1 saturated carbocycles. The minimum atomic E-state index is -0.595. The molecule has 0 atom stereocenters. The minimum absolute atomic E-state index is 0.314. The standard InChI is InChI=1S/C11H19N5O2/c1-18-6-10-14-8(5-9(15-10)16-12)13-7-11(17)3-2-4-11/h5,17H,2-4,6-7,12H2,1H3,(H2,13,14,15,16). The molecule has 1 aliphatic rings. The second-order valence-corrected chi connectivity index (χ2v) is 4.56. The number of hydrogen-bond acceptors (Lipinski definition) is 7. The SMILES string of the molecule is COCc1nc(NN)cc(NCC2(O)CCC2)n1. The molecule has 1 aromatic rings. The average Bonchev–Trinajstić information content (AvgIpc) is 2.34. The molecule has 1 heterocycles. The zero-order valence-corrected chi connectivity index (χ0v) is 10.4. The molecule has 0 aliphatic heterocycles. The zero-order chi connectivity index (χ0) is 13.0. The van der Waals surface area contributed by atoms with E-state index < -0.39 is 5.60 Å². The van der Waals surface area contributed by atoms with Crippen molar-refractivity contribution in [2.75, 3.05) is 24.4 Å². The molecule has 0 unspecified atom stereocenters. The predicted molar refractivity (Wildman–Crippen MR) is 67.8 cm³/mol. The second kappa shape index (κ2) is 5.47. The summed E-state index contributed by atoms with van der Waals surface area (Å²) in [5, 5.41) is 13.1. The molecule has 0 saturated heterocycles. The van der Waals surface area contributed by atoms with E-state index in [0.717, 1.165) is 19.3 Å². The summed E-state index contributed by atoms with van der Waals surface area (Å²) in [7, 11) is 1.58. The van der Waals surface area contributed by atoms with Crippen molar-refractivity contribution in [2.45, 2.75) is 31.5 Å². The molecule has 0 radical (unpaired) electrons. The van der Waals surface area contributed by atoms with Crippen LogP contribution in [0.1, 0.15) is 25.1 Å². The number of ether oxygens (including phenoxy) is 1. The van der Waals surface area contributed by atoms with Crippen molar-refractivity contribution in [3.8, 4) is 0 Å². The van der Waals surface area contributed by atoms with Gasteiger partial charge in [-0.05, 0) is 19.3 Å². The van der Waals surface area contributed by atoms with Crippen molar-refractivity contribution in [1.29, 1.82) is 0 Å². The first-order valence-corrected chi connectivity index (χ1v) is 5.95. The number of nitrogens with one attached hydrogen (secondary N) is 2. The number of nitrogens with two attached hydrogens (primary N) is 1. The number of methoxy groups -OCH3 is 1. The van der Waals surface area contributed by atoms with Crippen molar-refractivity contribution in [1.82, 2.24) is 9.97 Å². The molecule has 1 fully saturated rings. The number of nitrogen functional groups attached to an aromatic ring is 1. The number of rotatable bonds is 6. The van der Waals surface area contributed by atoms with Crippen LogP contribution in [0, 0.1) is 0 Å². The summed E-state index contributed by atoms with van der Waals surface area (Å²) in [6, 6.07) is 1.70. The Bertz CT molecular complexity index is 408. The largest absolute Gasteiger partial charge is 0.388 e. The van der Waals surface area contributed by atoms with Crippen LogP contribution in [0.3, 0.4) is 0 Å². The maximum Gasteiger partial charge on any atom is 0.158 e. The van der Waals surface area contributed by atoms with Gasteiger partial charge in [0.25, 0.3) is 0 Å². The van der Waals surface area contributed by atoms with Gasteiger partial charge in [0.2, 0.25) is 0 Å². The van der Waals surface area contributed by atoms with Gasteiger partial charge in [0.1, 0.15) is 18.2 Å². The van der Waals surface area contributed by atoms with Crippen LogP contribution >= 0.6 is 0 Å². The van der Waals surface area contributed by atoms with E-state index >= 15 is 0 Å². The Morgan fingerprint density at radius 2 is 2.17 bits per heavy atom. The molecule has 0 amide bonds. The number of aromatic nitrogens is 2. The molecule has 0 spiro atoms. The third-order valence-corrected chi connectivity index (χ3v) is 3.08. The van der Waals surface area contributed by atoms with Gasteiger partial charge in [-0.3, -0.25) is 0 Å². The first-order chi connectivity index (χ1) is 8.65. The Hall–Kier alpha value is -1.44. The molecule has 2 rings (SSSR count). The fourth-order valence-electron chi connectivity index (χ4n) is 1.87. The fraction of sp³-hybridized carbons (Fsp3) is 0.636. The fourth-order valence-corrected chi connectivity index (χ4v) is 1.87. The molecule has 1 aromatic heterocycles. The summed E-state index contributed by atoms with van der Waals surface area (Å²) in [6.45, 7) is 0.801. The Balaban J connectivity index is 2.03. The molecule has 5 N–H and O–H groups in total. The summed E-state index contributed by atoms with van der Waals surface area (Å²) >= 11 is 0. The van der Waals surface area contributed by atoms with Gasteiger partial charge in [0.05, 0.1) is 5.60 Å². The van der Waals surface area contributed by atoms with Crippen molar-refractivity contribution in [2.24, 2.45) is 5.84 Å². The van der Waals surface area contributed by atoms with E-state index in [4.69, 9.17) is 10.6 Å². The third-order valence-electron chi connectivity index (χ3n) is 3.08. The van der Waals surface area contributed by atoms with Crippen LogP contribution in [-0.2, 0) is 11.3 Å². The van der Waals surface area contributed by atoms with Crippen LogP contribution in [-0.4, -0.2) is 34.3 Å². The van der Waals surface area contributed by atoms with Gasteiger partial charge in [0.15, 0.2) is 5.82 Å². The normalized spacial score (nSPS) is 17.1. The Labute approximate surface area is 106 Å². The summed E-state index contributed by atoms with van der Waals surface area (Å²) in [6.07, 6.45) is 2.74. The highest BCUT2D eigenvalue weighted by Gasteiger charge is 2.34. The number of aliphatic hydroxyl groups is 1. The molecule has 7 nitrogen and oxygen atoms in total. The maximum atomic E-state index is 10.00. The lowest BCUT2D eigenvalue weighted by Crippen LogP contribution is -2.43. The molecular weight excluding hydrogens is 234 g/mol. The van der Waals surface area contributed by atoms with Gasteiger partial charge in [-0.25, -0.2) is 15.8 Å². The Kier molecular flexibility index (Phi) is 3.95. The summed E-state index contributed by atoms with van der Waals surface area (Å²) in [5.41, 5.74) is 1.89. The highest BCUT2D eigenvalue weighted by Crippen LogP contribution is 2.31. The van der Waals surface area contributed by atoms with Gasteiger partial charge < -0.3 is 20.6 Å². The molecule has 1 aliphatic carbocycles. The van der Waals surface area contributed by atoms with Crippen molar-refractivity contribution in [3.05, 3.63) is 11.9 Å². The van der Waals surface area contributed by atoms with Crippen LogP contribution in [0.15, 0.2) is 6.07 Å². The van der Waals surface area contributed by atoms with Gasteiger partial charge in [-0.1, -0.05) is 0 Å².